The monoisotopic (exact) mass is 317 g/mol. The normalized spacial score (nSPS) is 20.2. The quantitative estimate of drug-likeness (QED) is 0.767. The predicted molar refractivity (Wildman–Crippen MR) is 71.7 cm³/mol. The Bertz CT molecular complexity index is 646. The molecule has 1 saturated heterocycles. The molecular weight excluding hydrogens is 301 g/mol. The fourth-order valence-electron chi connectivity index (χ4n) is 2.00. The second-order valence-electron chi connectivity index (χ2n) is 4.66. The van der Waals surface area contributed by atoms with Crippen molar-refractivity contribution in [3.63, 3.8) is 0 Å². The minimum absolute atomic E-state index is 0.0767. The standard InChI is InChI=1S/C13H16FNO5S/c1-9-3-4-10(7-11(9)14)21(17,18)15-5-6-20-12(8-15)13(16)19-2/h3-4,7,12H,5-6,8H2,1-2H3. The SMILES string of the molecule is COC(=O)C1CN(S(=O)(=O)c2ccc(C)c(F)c2)CCO1. The number of carbonyl (C=O) groups is 1. The van der Waals surface area contributed by atoms with Crippen LogP contribution in [0.15, 0.2) is 23.1 Å². The topological polar surface area (TPSA) is 72.9 Å². The fourth-order valence-corrected chi connectivity index (χ4v) is 3.44. The van der Waals surface area contributed by atoms with Crippen LogP contribution in [0.5, 0.6) is 0 Å². The van der Waals surface area contributed by atoms with Crippen molar-refractivity contribution < 1.29 is 27.1 Å². The molecule has 1 aliphatic rings. The lowest BCUT2D eigenvalue weighted by molar-refractivity contribution is -0.157. The first-order valence-corrected chi connectivity index (χ1v) is 7.76. The number of sulfonamides is 1. The number of esters is 1. The third-order valence-electron chi connectivity index (χ3n) is 3.27. The lowest BCUT2D eigenvalue weighted by Crippen LogP contribution is -2.48. The summed E-state index contributed by atoms with van der Waals surface area (Å²) < 4.78 is 49.3. The van der Waals surface area contributed by atoms with Gasteiger partial charge in [0.15, 0.2) is 6.10 Å². The van der Waals surface area contributed by atoms with E-state index >= 15 is 0 Å². The van der Waals surface area contributed by atoms with Gasteiger partial charge in [-0.1, -0.05) is 6.07 Å². The van der Waals surface area contributed by atoms with Gasteiger partial charge in [0.25, 0.3) is 0 Å². The molecule has 1 fully saturated rings. The molecular formula is C13H16FNO5S. The van der Waals surface area contributed by atoms with Crippen LogP contribution < -0.4 is 0 Å². The van der Waals surface area contributed by atoms with Gasteiger partial charge in [0.1, 0.15) is 5.82 Å². The van der Waals surface area contributed by atoms with Crippen LogP contribution in [0.2, 0.25) is 0 Å². The first-order chi connectivity index (χ1) is 9.86. The molecule has 0 radical (unpaired) electrons. The summed E-state index contributed by atoms with van der Waals surface area (Å²) in [6, 6.07) is 3.73. The van der Waals surface area contributed by atoms with Crippen molar-refractivity contribution in [2.24, 2.45) is 0 Å². The number of hydrogen-bond donors (Lipinski definition) is 0. The second kappa shape index (κ2) is 6.08. The van der Waals surface area contributed by atoms with Crippen molar-refractivity contribution >= 4 is 16.0 Å². The highest BCUT2D eigenvalue weighted by molar-refractivity contribution is 7.89. The van der Waals surface area contributed by atoms with Crippen LogP contribution in [0.25, 0.3) is 0 Å². The van der Waals surface area contributed by atoms with E-state index in [0.717, 1.165) is 10.4 Å². The van der Waals surface area contributed by atoms with Gasteiger partial charge in [-0.05, 0) is 24.6 Å². The number of carbonyl (C=O) groups excluding carboxylic acids is 1. The van der Waals surface area contributed by atoms with Crippen LogP contribution in [0.1, 0.15) is 5.56 Å². The fraction of sp³-hybridized carbons (Fsp3) is 0.462. The van der Waals surface area contributed by atoms with E-state index in [2.05, 4.69) is 4.74 Å². The summed E-state index contributed by atoms with van der Waals surface area (Å²) >= 11 is 0. The molecule has 0 spiro atoms. The number of nitrogens with zero attached hydrogens (tertiary/aromatic N) is 1. The third-order valence-corrected chi connectivity index (χ3v) is 5.14. The van der Waals surface area contributed by atoms with E-state index in [1.165, 1.54) is 19.2 Å². The number of halogens is 1. The summed E-state index contributed by atoms with van der Waals surface area (Å²) in [5.41, 5.74) is 0.364. The highest BCUT2D eigenvalue weighted by Gasteiger charge is 2.34. The Balaban J connectivity index is 2.26. The molecule has 0 N–H and O–H groups in total. The number of benzene rings is 1. The van der Waals surface area contributed by atoms with E-state index in [0.29, 0.717) is 5.56 Å². The van der Waals surface area contributed by atoms with Crippen LogP contribution in [0.4, 0.5) is 4.39 Å². The lowest BCUT2D eigenvalue weighted by Gasteiger charge is -2.30. The zero-order valence-corrected chi connectivity index (χ0v) is 12.5. The van der Waals surface area contributed by atoms with Crippen molar-refractivity contribution in [2.45, 2.75) is 17.9 Å². The number of morpholine rings is 1. The van der Waals surface area contributed by atoms with Crippen LogP contribution in [0.3, 0.4) is 0 Å². The third kappa shape index (κ3) is 3.22. The van der Waals surface area contributed by atoms with Crippen molar-refractivity contribution in [3.8, 4) is 0 Å². The van der Waals surface area contributed by atoms with E-state index in [-0.39, 0.29) is 24.6 Å². The highest BCUT2D eigenvalue weighted by Crippen LogP contribution is 2.21. The molecule has 8 heteroatoms. The van der Waals surface area contributed by atoms with Gasteiger partial charge in [-0.2, -0.15) is 4.31 Å². The molecule has 0 bridgehead atoms. The molecule has 0 aromatic heterocycles. The first-order valence-electron chi connectivity index (χ1n) is 6.32. The molecule has 0 saturated carbocycles. The maximum atomic E-state index is 13.6. The molecule has 0 amide bonds. The molecule has 1 unspecified atom stereocenters. The van der Waals surface area contributed by atoms with E-state index < -0.39 is 27.9 Å². The smallest absolute Gasteiger partial charge is 0.336 e. The molecule has 1 aromatic rings. The summed E-state index contributed by atoms with van der Waals surface area (Å²) in [6.45, 7) is 1.58. The maximum Gasteiger partial charge on any atom is 0.336 e. The van der Waals surface area contributed by atoms with Crippen LogP contribution in [0, 0.1) is 12.7 Å². The molecule has 2 rings (SSSR count). The van der Waals surface area contributed by atoms with Crippen LogP contribution in [-0.4, -0.2) is 51.6 Å². The van der Waals surface area contributed by atoms with Gasteiger partial charge >= 0.3 is 5.97 Å². The molecule has 1 aliphatic heterocycles. The number of methoxy groups -OCH3 is 1. The average molecular weight is 317 g/mol. The van der Waals surface area contributed by atoms with Crippen LogP contribution >= 0.6 is 0 Å². The van der Waals surface area contributed by atoms with Gasteiger partial charge in [0.2, 0.25) is 10.0 Å². The number of ether oxygens (including phenoxy) is 2. The van der Waals surface area contributed by atoms with E-state index in [1.54, 1.807) is 6.92 Å². The zero-order valence-electron chi connectivity index (χ0n) is 11.7. The predicted octanol–water partition coefficient (Wildman–Crippen LogP) is 0.697. The molecule has 1 heterocycles. The molecule has 116 valence electrons. The lowest BCUT2D eigenvalue weighted by atomic mass is 10.2. The van der Waals surface area contributed by atoms with Gasteiger partial charge in [0.05, 0.1) is 25.2 Å². The summed E-state index contributed by atoms with van der Waals surface area (Å²) in [5, 5.41) is 0. The highest BCUT2D eigenvalue weighted by atomic mass is 32.2. The molecule has 0 aliphatic carbocycles. The largest absolute Gasteiger partial charge is 0.467 e. The number of aryl methyl sites for hydroxylation is 1. The van der Waals surface area contributed by atoms with Gasteiger partial charge in [-0.3, -0.25) is 0 Å². The Morgan fingerprint density at radius 3 is 2.81 bits per heavy atom. The molecule has 6 nitrogen and oxygen atoms in total. The summed E-state index contributed by atoms with van der Waals surface area (Å²) in [5.74, 6) is -1.22. The molecule has 21 heavy (non-hydrogen) atoms. The van der Waals surface area contributed by atoms with E-state index in [1.807, 2.05) is 0 Å². The van der Waals surface area contributed by atoms with E-state index in [9.17, 15) is 17.6 Å². The summed E-state index contributed by atoms with van der Waals surface area (Å²) in [4.78, 5) is 11.3. The second-order valence-corrected chi connectivity index (χ2v) is 6.59. The zero-order chi connectivity index (χ0) is 15.6. The number of hydrogen-bond acceptors (Lipinski definition) is 5. The maximum absolute atomic E-state index is 13.6. The van der Waals surface area contributed by atoms with E-state index in [4.69, 9.17) is 4.74 Å². The van der Waals surface area contributed by atoms with Gasteiger partial charge in [-0.25, -0.2) is 17.6 Å². The van der Waals surface area contributed by atoms with Crippen molar-refractivity contribution in [1.82, 2.24) is 4.31 Å². The van der Waals surface area contributed by atoms with Crippen molar-refractivity contribution in [2.75, 3.05) is 26.8 Å². The van der Waals surface area contributed by atoms with Crippen molar-refractivity contribution in [3.05, 3.63) is 29.6 Å². The first kappa shape index (κ1) is 15.9. The Labute approximate surface area is 122 Å². The minimum atomic E-state index is -3.87. The minimum Gasteiger partial charge on any atom is -0.467 e. The number of rotatable bonds is 3. The summed E-state index contributed by atoms with van der Waals surface area (Å²) in [7, 11) is -2.67. The average Bonchev–Trinajstić information content (AvgIpc) is 2.49. The van der Waals surface area contributed by atoms with Crippen LogP contribution in [-0.2, 0) is 24.3 Å². The van der Waals surface area contributed by atoms with Gasteiger partial charge < -0.3 is 9.47 Å². The Hall–Kier alpha value is -1.51. The Morgan fingerprint density at radius 1 is 1.48 bits per heavy atom. The van der Waals surface area contributed by atoms with Gasteiger partial charge in [-0.15, -0.1) is 0 Å². The van der Waals surface area contributed by atoms with Gasteiger partial charge in [0, 0.05) is 6.54 Å². The molecule has 1 aromatic carbocycles. The Morgan fingerprint density at radius 2 is 2.19 bits per heavy atom. The van der Waals surface area contributed by atoms with Crippen molar-refractivity contribution in [1.29, 1.82) is 0 Å². The Kier molecular flexibility index (Phi) is 4.60. The summed E-state index contributed by atoms with van der Waals surface area (Å²) in [6.07, 6.45) is -0.964. The molecule has 1 atom stereocenters.